The molecular formula is C14H25N5OS. The topological polar surface area (TPSA) is 74.5 Å². The lowest BCUT2D eigenvalue weighted by molar-refractivity contribution is 0.0944. The average Bonchev–Trinajstić information content (AvgIpc) is 2.95. The molecule has 0 bridgehead atoms. The standard InChI is InChI=1S/C14H25N5OS/c1-9(2)16-13(20)11-12(15)17-21-14(11)19(4)8-10-6-5-7-18(10)3/h9-10H,5-8H2,1-4H3,(H2,15,17)(H,16,20). The van der Waals surface area contributed by atoms with Gasteiger partial charge < -0.3 is 20.9 Å². The van der Waals surface area contributed by atoms with E-state index in [0.717, 1.165) is 18.1 Å². The van der Waals surface area contributed by atoms with E-state index in [4.69, 9.17) is 5.73 Å². The minimum absolute atomic E-state index is 0.0796. The zero-order valence-corrected chi connectivity index (χ0v) is 14.0. The number of nitrogen functional groups attached to an aromatic ring is 1. The van der Waals surface area contributed by atoms with Crippen LogP contribution in [-0.2, 0) is 0 Å². The molecule has 1 aliphatic heterocycles. The maximum atomic E-state index is 12.3. The summed E-state index contributed by atoms with van der Waals surface area (Å²) in [7, 11) is 4.16. The third kappa shape index (κ3) is 3.65. The predicted molar refractivity (Wildman–Crippen MR) is 88.1 cm³/mol. The van der Waals surface area contributed by atoms with Crippen LogP contribution in [0.3, 0.4) is 0 Å². The highest BCUT2D eigenvalue weighted by Gasteiger charge is 2.26. The molecule has 3 N–H and O–H groups in total. The molecule has 1 aromatic heterocycles. The van der Waals surface area contributed by atoms with Crippen molar-refractivity contribution in [2.45, 2.75) is 38.8 Å². The fourth-order valence-corrected chi connectivity index (χ4v) is 3.49. The molecular weight excluding hydrogens is 286 g/mol. The molecule has 0 radical (unpaired) electrons. The maximum absolute atomic E-state index is 12.3. The highest BCUT2D eigenvalue weighted by molar-refractivity contribution is 7.11. The first-order chi connectivity index (χ1) is 9.90. The van der Waals surface area contributed by atoms with Crippen molar-refractivity contribution in [2.24, 2.45) is 0 Å². The van der Waals surface area contributed by atoms with Gasteiger partial charge in [-0.3, -0.25) is 4.79 Å². The fraction of sp³-hybridized carbons (Fsp3) is 0.714. The molecule has 118 valence electrons. The van der Waals surface area contributed by atoms with Gasteiger partial charge in [0, 0.05) is 25.7 Å². The summed E-state index contributed by atoms with van der Waals surface area (Å²) in [6, 6.07) is 0.607. The Morgan fingerprint density at radius 1 is 1.62 bits per heavy atom. The van der Waals surface area contributed by atoms with Crippen LogP contribution in [0.5, 0.6) is 0 Å². The Labute approximate surface area is 130 Å². The minimum atomic E-state index is -0.141. The molecule has 2 rings (SSSR count). The smallest absolute Gasteiger partial charge is 0.258 e. The van der Waals surface area contributed by atoms with Crippen LogP contribution in [0, 0.1) is 0 Å². The average molecular weight is 311 g/mol. The summed E-state index contributed by atoms with van der Waals surface area (Å²) in [5.41, 5.74) is 6.40. The molecule has 1 saturated heterocycles. The molecule has 1 aromatic rings. The van der Waals surface area contributed by atoms with Gasteiger partial charge in [-0.2, -0.15) is 4.37 Å². The van der Waals surface area contributed by atoms with E-state index in [2.05, 4.69) is 26.5 Å². The number of amides is 1. The molecule has 0 aliphatic carbocycles. The van der Waals surface area contributed by atoms with E-state index in [0.29, 0.717) is 17.4 Å². The van der Waals surface area contributed by atoms with Crippen LogP contribution in [0.25, 0.3) is 0 Å². The molecule has 2 heterocycles. The zero-order chi connectivity index (χ0) is 15.6. The Hall–Kier alpha value is -1.34. The first-order valence-electron chi connectivity index (χ1n) is 7.37. The number of carbonyl (C=O) groups is 1. The summed E-state index contributed by atoms with van der Waals surface area (Å²) in [5.74, 6) is 0.178. The number of likely N-dealkylation sites (tertiary alicyclic amines) is 1. The highest BCUT2D eigenvalue weighted by atomic mass is 32.1. The monoisotopic (exact) mass is 311 g/mol. The summed E-state index contributed by atoms with van der Waals surface area (Å²) < 4.78 is 4.16. The molecule has 0 aromatic carbocycles. The van der Waals surface area contributed by atoms with Crippen LogP contribution >= 0.6 is 11.5 Å². The van der Waals surface area contributed by atoms with E-state index in [1.54, 1.807) is 0 Å². The molecule has 1 atom stereocenters. The lowest BCUT2D eigenvalue weighted by atomic mass is 10.2. The maximum Gasteiger partial charge on any atom is 0.258 e. The van der Waals surface area contributed by atoms with Crippen molar-refractivity contribution in [1.82, 2.24) is 14.6 Å². The van der Waals surface area contributed by atoms with Crippen molar-refractivity contribution in [3.8, 4) is 0 Å². The Kier molecular flexibility index (Phi) is 5.05. The molecule has 6 nitrogen and oxygen atoms in total. The number of aromatic nitrogens is 1. The van der Waals surface area contributed by atoms with E-state index in [1.165, 1.54) is 24.4 Å². The lowest BCUT2D eigenvalue weighted by Gasteiger charge is -2.26. The molecule has 1 unspecified atom stereocenters. The van der Waals surface area contributed by atoms with Crippen molar-refractivity contribution in [3.63, 3.8) is 0 Å². The van der Waals surface area contributed by atoms with Crippen molar-refractivity contribution < 1.29 is 4.79 Å². The number of nitrogens with zero attached hydrogens (tertiary/aromatic N) is 3. The fourth-order valence-electron chi connectivity index (χ4n) is 2.71. The van der Waals surface area contributed by atoms with Gasteiger partial charge in [0.25, 0.3) is 5.91 Å². The van der Waals surface area contributed by atoms with Crippen molar-refractivity contribution in [3.05, 3.63) is 5.56 Å². The second kappa shape index (κ2) is 6.62. The molecule has 7 heteroatoms. The molecule has 1 amide bonds. The Morgan fingerprint density at radius 3 is 2.90 bits per heavy atom. The van der Waals surface area contributed by atoms with E-state index in [1.807, 2.05) is 20.9 Å². The van der Waals surface area contributed by atoms with Gasteiger partial charge in [0.15, 0.2) is 5.82 Å². The number of likely N-dealkylation sites (N-methyl/N-ethyl adjacent to an activating group) is 2. The van der Waals surface area contributed by atoms with Gasteiger partial charge in [-0.25, -0.2) is 0 Å². The van der Waals surface area contributed by atoms with Gasteiger partial charge in [0.2, 0.25) is 0 Å². The van der Waals surface area contributed by atoms with Gasteiger partial charge in [0.1, 0.15) is 10.6 Å². The van der Waals surface area contributed by atoms with Gasteiger partial charge in [0.05, 0.1) is 0 Å². The Balaban J connectivity index is 2.13. The number of carbonyl (C=O) groups excluding carboxylic acids is 1. The lowest BCUT2D eigenvalue weighted by Crippen LogP contribution is -2.37. The SMILES string of the molecule is CC(C)NC(=O)c1c(N)nsc1N(C)CC1CCCN1C. The van der Waals surface area contributed by atoms with E-state index < -0.39 is 0 Å². The Bertz CT molecular complexity index is 502. The van der Waals surface area contributed by atoms with Crippen molar-refractivity contribution in [2.75, 3.05) is 37.8 Å². The Morgan fingerprint density at radius 2 is 2.33 bits per heavy atom. The summed E-state index contributed by atoms with van der Waals surface area (Å²) in [6.07, 6.45) is 2.43. The minimum Gasteiger partial charge on any atom is -0.382 e. The summed E-state index contributed by atoms with van der Waals surface area (Å²) in [5, 5.41) is 3.75. The summed E-state index contributed by atoms with van der Waals surface area (Å²) >= 11 is 1.30. The molecule has 1 fully saturated rings. The zero-order valence-electron chi connectivity index (χ0n) is 13.2. The van der Waals surface area contributed by atoms with Crippen LogP contribution in [0.1, 0.15) is 37.0 Å². The second-order valence-corrected chi connectivity index (χ2v) is 6.79. The molecule has 0 spiro atoms. The first-order valence-corrected chi connectivity index (χ1v) is 8.15. The molecule has 0 saturated carbocycles. The van der Waals surface area contributed by atoms with Gasteiger partial charge in [-0.05, 0) is 51.8 Å². The third-order valence-electron chi connectivity index (χ3n) is 3.85. The molecule has 21 heavy (non-hydrogen) atoms. The van der Waals surface area contributed by atoms with E-state index in [9.17, 15) is 4.79 Å². The predicted octanol–water partition coefficient (Wildman–Crippen LogP) is 1.39. The number of hydrogen-bond donors (Lipinski definition) is 2. The van der Waals surface area contributed by atoms with Gasteiger partial charge in [-0.1, -0.05) is 0 Å². The normalized spacial score (nSPS) is 19.2. The number of hydrogen-bond acceptors (Lipinski definition) is 6. The van der Waals surface area contributed by atoms with Crippen LogP contribution < -0.4 is 16.0 Å². The van der Waals surface area contributed by atoms with Crippen LogP contribution in [0.4, 0.5) is 10.8 Å². The van der Waals surface area contributed by atoms with Gasteiger partial charge in [-0.15, -0.1) is 0 Å². The molecule has 1 aliphatic rings. The quantitative estimate of drug-likeness (QED) is 0.859. The highest BCUT2D eigenvalue weighted by Crippen LogP contribution is 2.31. The van der Waals surface area contributed by atoms with Crippen molar-refractivity contribution >= 4 is 28.3 Å². The number of nitrogens with two attached hydrogens (primary N) is 1. The van der Waals surface area contributed by atoms with E-state index in [-0.39, 0.29) is 11.9 Å². The summed E-state index contributed by atoms with van der Waals surface area (Å²) in [6.45, 7) is 5.90. The van der Waals surface area contributed by atoms with Gasteiger partial charge >= 0.3 is 0 Å². The van der Waals surface area contributed by atoms with Crippen LogP contribution in [0.2, 0.25) is 0 Å². The summed E-state index contributed by atoms with van der Waals surface area (Å²) in [4.78, 5) is 16.8. The number of nitrogens with one attached hydrogen (secondary N) is 1. The van der Waals surface area contributed by atoms with Crippen LogP contribution in [0.15, 0.2) is 0 Å². The first kappa shape index (κ1) is 16.0. The van der Waals surface area contributed by atoms with E-state index >= 15 is 0 Å². The number of anilines is 2. The largest absolute Gasteiger partial charge is 0.382 e. The van der Waals surface area contributed by atoms with Crippen molar-refractivity contribution in [1.29, 1.82) is 0 Å². The third-order valence-corrected chi connectivity index (χ3v) is 4.83. The van der Waals surface area contributed by atoms with Crippen LogP contribution in [-0.4, -0.2) is 54.4 Å². The second-order valence-electron chi connectivity index (χ2n) is 6.03. The number of rotatable bonds is 5.